The summed E-state index contributed by atoms with van der Waals surface area (Å²) in [5.74, 6) is 1.42. The van der Waals surface area contributed by atoms with E-state index in [-0.39, 0.29) is 5.82 Å². The van der Waals surface area contributed by atoms with Gasteiger partial charge in [0.1, 0.15) is 11.6 Å². The van der Waals surface area contributed by atoms with Crippen molar-refractivity contribution in [1.82, 2.24) is 4.98 Å². The monoisotopic (exact) mass is 194 g/mol. The summed E-state index contributed by atoms with van der Waals surface area (Å²) in [5, 5.41) is 0. The van der Waals surface area contributed by atoms with Crippen LogP contribution < -0.4 is 4.90 Å². The molecule has 0 bridgehead atoms. The highest BCUT2D eigenvalue weighted by atomic mass is 19.1. The van der Waals surface area contributed by atoms with Gasteiger partial charge < -0.3 is 4.90 Å². The van der Waals surface area contributed by atoms with E-state index in [0.717, 1.165) is 24.8 Å². The molecule has 1 fully saturated rings. The highest BCUT2D eigenvalue weighted by Gasteiger charge is 2.21. The Morgan fingerprint density at radius 1 is 1.57 bits per heavy atom. The third-order valence-corrected chi connectivity index (χ3v) is 2.90. The van der Waals surface area contributed by atoms with Crippen LogP contribution >= 0.6 is 0 Å². The van der Waals surface area contributed by atoms with Gasteiger partial charge in [0, 0.05) is 13.1 Å². The fraction of sp³-hybridized carbons (Fsp3) is 0.545. The highest BCUT2D eigenvalue weighted by molar-refractivity contribution is 5.39. The lowest BCUT2D eigenvalue weighted by atomic mass is 10.1. The molecule has 1 aliphatic heterocycles. The van der Waals surface area contributed by atoms with Crippen LogP contribution in [0.3, 0.4) is 0 Å². The Kier molecular flexibility index (Phi) is 2.66. The summed E-state index contributed by atoms with van der Waals surface area (Å²) in [6, 6.07) is 3.23. The second-order valence-electron chi connectivity index (χ2n) is 3.84. The molecule has 0 N–H and O–H groups in total. The van der Waals surface area contributed by atoms with Crippen molar-refractivity contribution in [2.75, 3.05) is 18.0 Å². The van der Waals surface area contributed by atoms with Gasteiger partial charge in [-0.2, -0.15) is 0 Å². The topological polar surface area (TPSA) is 16.1 Å². The van der Waals surface area contributed by atoms with Gasteiger partial charge >= 0.3 is 0 Å². The molecule has 76 valence electrons. The molecular formula is C11H15FN2. The standard InChI is InChI=1S/C11H15FN2/c1-2-9-5-6-14(8-9)11-4-3-10(12)7-13-11/h3-4,7,9H,2,5-6,8H2,1H3. The Bertz CT molecular complexity index is 297. The van der Waals surface area contributed by atoms with Crippen LogP contribution in [-0.4, -0.2) is 18.1 Å². The Morgan fingerprint density at radius 3 is 3.00 bits per heavy atom. The minimum atomic E-state index is -0.264. The van der Waals surface area contributed by atoms with Crippen molar-refractivity contribution in [3.05, 3.63) is 24.1 Å². The van der Waals surface area contributed by atoms with Crippen LogP contribution in [0.2, 0.25) is 0 Å². The summed E-state index contributed by atoms with van der Waals surface area (Å²) in [6.45, 7) is 4.33. The van der Waals surface area contributed by atoms with Crippen LogP contribution in [-0.2, 0) is 0 Å². The number of hydrogen-bond donors (Lipinski definition) is 0. The van der Waals surface area contributed by atoms with Crippen molar-refractivity contribution in [2.45, 2.75) is 19.8 Å². The van der Waals surface area contributed by atoms with Crippen LogP contribution in [0.25, 0.3) is 0 Å². The predicted octanol–water partition coefficient (Wildman–Crippen LogP) is 2.46. The third-order valence-electron chi connectivity index (χ3n) is 2.90. The summed E-state index contributed by atoms with van der Waals surface area (Å²) in [5.41, 5.74) is 0. The third kappa shape index (κ3) is 1.86. The molecule has 0 saturated carbocycles. The molecular weight excluding hydrogens is 179 g/mol. The quantitative estimate of drug-likeness (QED) is 0.719. The Hall–Kier alpha value is -1.12. The number of nitrogens with zero attached hydrogens (tertiary/aromatic N) is 2. The molecule has 0 radical (unpaired) electrons. The zero-order valence-electron chi connectivity index (χ0n) is 8.41. The first kappa shape index (κ1) is 9.44. The van der Waals surface area contributed by atoms with Crippen LogP contribution in [0.15, 0.2) is 18.3 Å². The molecule has 1 saturated heterocycles. The van der Waals surface area contributed by atoms with Crippen molar-refractivity contribution in [1.29, 1.82) is 0 Å². The van der Waals surface area contributed by atoms with Gasteiger partial charge in [0.25, 0.3) is 0 Å². The van der Waals surface area contributed by atoms with E-state index in [9.17, 15) is 4.39 Å². The van der Waals surface area contributed by atoms with E-state index in [2.05, 4.69) is 16.8 Å². The first-order valence-corrected chi connectivity index (χ1v) is 5.16. The van der Waals surface area contributed by atoms with Gasteiger partial charge in [-0.15, -0.1) is 0 Å². The lowest BCUT2D eigenvalue weighted by Crippen LogP contribution is -2.20. The Labute approximate surface area is 83.8 Å². The van der Waals surface area contributed by atoms with Gasteiger partial charge in [-0.1, -0.05) is 13.3 Å². The molecule has 1 aromatic rings. The lowest BCUT2D eigenvalue weighted by molar-refractivity contribution is 0.568. The minimum Gasteiger partial charge on any atom is -0.356 e. The molecule has 14 heavy (non-hydrogen) atoms. The van der Waals surface area contributed by atoms with Crippen LogP contribution in [0.5, 0.6) is 0 Å². The van der Waals surface area contributed by atoms with Crippen molar-refractivity contribution < 1.29 is 4.39 Å². The average Bonchev–Trinajstić information content (AvgIpc) is 2.67. The van der Waals surface area contributed by atoms with Gasteiger partial charge in [-0.3, -0.25) is 0 Å². The van der Waals surface area contributed by atoms with Crippen molar-refractivity contribution in [3.63, 3.8) is 0 Å². The summed E-state index contributed by atoms with van der Waals surface area (Å²) in [6.07, 6.45) is 3.74. The Morgan fingerprint density at radius 2 is 2.43 bits per heavy atom. The van der Waals surface area contributed by atoms with Crippen LogP contribution in [0.1, 0.15) is 19.8 Å². The van der Waals surface area contributed by atoms with E-state index in [1.54, 1.807) is 6.07 Å². The average molecular weight is 194 g/mol. The number of aromatic nitrogens is 1. The molecule has 0 aliphatic carbocycles. The molecule has 0 spiro atoms. The maximum atomic E-state index is 12.6. The molecule has 1 atom stereocenters. The Balaban J connectivity index is 2.06. The number of hydrogen-bond acceptors (Lipinski definition) is 2. The second-order valence-corrected chi connectivity index (χ2v) is 3.84. The largest absolute Gasteiger partial charge is 0.356 e. The van der Waals surface area contributed by atoms with E-state index in [4.69, 9.17) is 0 Å². The van der Waals surface area contributed by atoms with E-state index in [0.29, 0.717) is 0 Å². The van der Waals surface area contributed by atoms with Gasteiger partial charge in [0.05, 0.1) is 6.20 Å². The first-order valence-electron chi connectivity index (χ1n) is 5.16. The smallest absolute Gasteiger partial charge is 0.141 e. The molecule has 1 aliphatic rings. The number of anilines is 1. The van der Waals surface area contributed by atoms with Gasteiger partial charge in [0.2, 0.25) is 0 Å². The molecule has 1 aromatic heterocycles. The lowest BCUT2D eigenvalue weighted by Gasteiger charge is -2.16. The normalized spacial score (nSPS) is 21.6. The van der Waals surface area contributed by atoms with Crippen molar-refractivity contribution in [2.24, 2.45) is 5.92 Å². The molecule has 2 rings (SSSR count). The first-order chi connectivity index (χ1) is 6.79. The van der Waals surface area contributed by atoms with Gasteiger partial charge in [-0.05, 0) is 24.5 Å². The fourth-order valence-corrected chi connectivity index (χ4v) is 1.93. The SMILES string of the molecule is CCC1CCN(c2ccc(F)cn2)C1. The molecule has 0 amide bonds. The van der Waals surface area contributed by atoms with E-state index in [1.165, 1.54) is 25.1 Å². The van der Waals surface area contributed by atoms with Crippen molar-refractivity contribution >= 4 is 5.82 Å². The summed E-state index contributed by atoms with van der Waals surface area (Å²) >= 11 is 0. The van der Waals surface area contributed by atoms with Gasteiger partial charge in [0.15, 0.2) is 0 Å². The number of pyridine rings is 1. The van der Waals surface area contributed by atoms with E-state index < -0.39 is 0 Å². The van der Waals surface area contributed by atoms with Crippen molar-refractivity contribution in [3.8, 4) is 0 Å². The minimum absolute atomic E-state index is 0.264. The molecule has 1 unspecified atom stereocenters. The van der Waals surface area contributed by atoms with Crippen LogP contribution in [0.4, 0.5) is 10.2 Å². The second kappa shape index (κ2) is 3.95. The highest BCUT2D eigenvalue weighted by Crippen LogP contribution is 2.23. The summed E-state index contributed by atoms with van der Waals surface area (Å²) in [4.78, 5) is 6.31. The number of rotatable bonds is 2. The molecule has 0 aromatic carbocycles. The van der Waals surface area contributed by atoms with E-state index >= 15 is 0 Å². The maximum Gasteiger partial charge on any atom is 0.141 e. The maximum absolute atomic E-state index is 12.6. The fourth-order valence-electron chi connectivity index (χ4n) is 1.93. The number of halogens is 1. The molecule has 3 heteroatoms. The van der Waals surface area contributed by atoms with Crippen LogP contribution in [0, 0.1) is 11.7 Å². The zero-order valence-corrected chi connectivity index (χ0v) is 8.41. The van der Waals surface area contributed by atoms with Gasteiger partial charge in [-0.25, -0.2) is 9.37 Å². The predicted molar refractivity (Wildman–Crippen MR) is 54.8 cm³/mol. The zero-order chi connectivity index (χ0) is 9.97. The summed E-state index contributed by atoms with van der Waals surface area (Å²) < 4.78 is 12.6. The molecule has 2 nitrogen and oxygen atoms in total. The molecule has 2 heterocycles. The van der Waals surface area contributed by atoms with E-state index in [1.807, 2.05) is 0 Å². The summed E-state index contributed by atoms with van der Waals surface area (Å²) in [7, 11) is 0.